The van der Waals surface area contributed by atoms with Gasteiger partial charge >= 0.3 is 0 Å². The van der Waals surface area contributed by atoms with E-state index in [0.29, 0.717) is 38.5 Å². The third-order valence-corrected chi connectivity index (χ3v) is 3.98. The number of rotatable bonds is 4. The molecule has 0 bridgehead atoms. The number of carbonyl (C=O) groups excluding carboxylic acids is 1. The Morgan fingerprint density at radius 1 is 1.38 bits per heavy atom. The Kier molecular flexibility index (Phi) is 4.36. The van der Waals surface area contributed by atoms with Gasteiger partial charge in [-0.3, -0.25) is 4.79 Å². The third-order valence-electron chi connectivity index (χ3n) is 3.98. The van der Waals surface area contributed by atoms with Gasteiger partial charge in [-0.1, -0.05) is 6.07 Å². The molecule has 0 atom stereocenters. The molecule has 2 N–H and O–H groups in total. The number of nitrogens with one attached hydrogen (secondary N) is 2. The summed E-state index contributed by atoms with van der Waals surface area (Å²) < 4.78 is 19.5. The van der Waals surface area contributed by atoms with Crippen molar-refractivity contribution in [2.75, 3.05) is 44.3 Å². The number of hydrogen-bond acceptors (Lipinski definition) is 4. The summed E-state index contributed by atoms with van der Waals surface area (Å²) in [5.41, 5.74) is 1.39. The zero-order chi connectivity index (χ0) is 14.7. The topological polar surface area (TPSA) is 53.6 Å². The molecule has 1 aromatic carbocycles. The van der Waals surface area contributed by atoms with Gasteiger partial charge in [0.15, 0.2) is 0 Å². The van der Waals surface area contributed by atoms with Crippen molar-refractivity contribution in [1.82, 2.24) is 10.6 Å². The summed E-state index contributed by atoms with van der Waals surface area (Å²) in [6, 6.07) is 5.16. The number of morpholine rings is 1. The van der Waals surface area contributed by atoms with Crippen molar-refractivity contribution in [2.24, 2.45) is 5.92 Å². The highest BCUT2D eigenvalue weighted by Crippen LogP contribution is 2.21. The Labute approximate surface area is 123 Å². The van der Waals surface area contributed by atoms with Gasteiger partial charge in [0.1, 0.15) is 5.82 Å². The van der Waals surface area contributed by atoms with Crippen LogP contribution in [0, 0.1) is 11.7 Å². The van der Waals surface area contributed by atoms with E-state index in [-0.39, 0.29) is 17.6 Å². The average Bonchev–Trinajstić information content (AvgIpc) is 2.44. The maximum atomic E-state index is 14.2. The second-order valence-electron chi connectivity index (χ2n) is 5.46. The van der Waals surface area contributed by atoms with Crippen molar-refractivity contribution in [3.8, 4) is 0 Å². The number of halogens is 1. The minimum atomic E-state index is -0.242. The molecule has 5 nitrogen and oxygen atoms in total. The van der Waals surface area contributed by atoms with Crippen LogP contribution in [0.2, 0.25) is 0 Å². The smallest absolute Gasteiger partial charge is 0.225 e. The molecule has 3 rings (SSSR count). The highest BCUT2D eigenvalue weighted by molar-refractivity contribution is 5.80. The van der Waals surface area contributed by atoms with Crippen LogP contribution >= 0.6 is 0 Å². The summed E-state index contributed by atoms with van der Waals surface area (Å²) >= 11 is 0. The zero-order valence-electron chi connectivity index (χ0n) is 11.9. The molecular weight excluding hydrogens is 273 g/mol. The van der Waals surface area contributed by atoms with Crippen LogP contribution in [0.4, 0.5) is 10.1 Å². The molecule has 0 radical (unpaired) electrons. The minimum Gasteiger partial charge on any atom is -0.378 e. The normalized spacial score (nSPS) is 19.2. The number of nitrogens with zero attached hydrogens (tertiary/aromatic N) is 1. The lowest BCUT2D eigenvalue weighted by Crippen LogP contribution is -2.50. The van der Waals surface area contributed by atoms with Gasteiger partial charge in [-0.25, -0.2) is 4.39 Å². The van der Waals surface area contributed by atoms with Crippen LogP contribution in [0.15, 0.2) is 18.2 Å². The second-order valence-corrected chi connectivity index (χ2v) is 5.46. The quantitative estimate of drug-likeness (QED) is 0.849. The van der Waals surface area contributed by atoms with Crippen molar-refractivity contribution >= 4 is 11.6 Å². The Hall–Kier alpha value is -1.66. The van der Waals surface area contributed by atoms with Crippen molar-refractivity contribution in [2.45, 2.75) is 6.54 Å². The Morgan fingerprint density at radius 3 is 2.76 bits per heavy atom. The van der Waals surface area contributed by atoms with Crippen LogP contribution in [0.25, 0.3) is 0 Å². The average molecular weight is 293 g/mol. The highest BCUT2D eigenvalue weighted by Gasteiger charge is 2.24. The first-order chi connectivity index (χ1) is 10.2. The third kappa shape index (κ3) is 3.33. The van der Waals surface area contributed by atoms with E-state index in [0.717, 1.165) is 18.7 Å². The van der Waals surface area contributed by atoms with Gasteiger partial charge in [0, 0.05) is 32.7 Å². The maximum Gasteiger partial charge on any atom is 0.225 e. The molecule has 2 aliphatic rings. The summed E-state index contributed by atoms with van der Waals surface area (Å²) in [6.07, 6.45) is 0. The van der Waals surface area contributed by atoms with E-state index in [1.807, 2.05) is 11.0 Å². The maximum absolute atomic E-state index is 14.2. The first-order valence-corrected chi connectivity index (χ1v) is 7.33. The SMILES string of the molecule is O=C(NCc1ccc(N2CCOCC2)c(F)c1)C1CNC1. The molecule has 0 aliphatic carbocycles. The van der Waals surface area contributed by atoms with Gasteiger partial charge in [0.2, 0.25) is 5.91 Å². The fraction of sp³-hybridized carbons (Fsp3) is 0.533. The van der Waals surface area contributed by atoms with Crippen molar-refractivity contribution in [3.63, 3.8) is 0 Å². The molecule has 2 heterocycles. The van der Waals surface area contributed by atoms with Gasteiger partial charge in [0.25, 0.3) is 0 Å². The molecular formula is C15H20FN3O2. The summed E-state index contributed by atoms with van der Waals surface area (Å²) in [7, 11) is 0. The Bertz CT molecular complexity index is 514. The summed E-state index contributed by atoms with van der Waals surface area (Å²) in [5.74, 6) is -0.150. The lowest BCUT2D eigenvalue weighted by Gasteiger charge is -2.29. The second kappa shape index (κ2) is 6.41. The molecule has 6 heteroatoms. The molecule has 114 valence electrons. The predicted octanol–water partition coefficient (Wildman–Crippen LogP) is 0.498. The summed E-state index contributed by atoms with van der Waals surface area (Å²) in [4.78, 5) is 13.7. The van der Waals surface area contributed by atoms with Crippen molar-refractivity contribution in [3.05, 3.63) is 29.6 Å². The van der Waals surface area contributed by atoms with Gasteiger partial charge in [-0.15, -0.1) is 0 Å². The largest absolute Gasteiger partial charge is 0.378 e. The van der Waals surface area contributed by atoms with E-state index < -0.39 is 0 Å². The predicted molar refractivity (Wildman–Crippen MR) is 77.6 cm³/mol. The molecule has 0 saturated carbocycles. The molecule has 2 aliphatic heterocycles. The van der Waals surface area contributed by atoms with Crippen LogP contribution in [0.3, 0.4) is 0 Å². The van der Waals surface area contributed by atoms with Crippen LogP contribution in [0.5, 0.6) is 0 Å². The van der Waals surface area contributed by atoms with Gasteiger partial charge < -0.3 is 20.3 Å². The molecule has 21 heavy (non-hydrogen) atoms. The molecule has 0 spiro atoms. The fourth-order valence-electron chi connectivity index (χ4n) is 2.53. The van der Waals surface area contributed by atoms with Gasteiger partial charge in [-0.2, -0.15) is 0 Å². The van der Waals surface area contributed by atoms with E-state index in [2.05, 4.69) is 10.6 Å². The Morgan fingerprint density at radius 2 is 2.14 bits per heavy atom. The number of benzene rings is 1. The molecule has 0 unspecified atom stereocenters. The van der Waals surface area contributed by atoms with Crippen molar-refractivity contribution in [1.29, 1.82) is 0 Å². The van der Waals surface area contributed by atoms with Crippen LogP contribution in [-0.4, -0.2) is 45.3 Å². The van der Waals surface area contributed by atoms with Crippen molar-refractivity contribution < 1.29 is 13.9 Å². The zero-order valence-corrected chi connectivity index (χ0v) is 11.9. The van der Waals surface area contributed by atoms with E-state index in [1.54, 1.807) is 6.07 Å². The number of anilines is 1. The monoisotopic (exact) mass is 293 g/mol. The van der Waals surface area contributed by atoms with Crippen LogP contribution < -0.4 is 15.5 Å². The van der Waals surface area contributed by atoms with Gasteiger partial charge in [-0.05, 0) is 17.7 Å². The number of ether oxygens (including phenoxy) is 1. The molecule has 2 saturated heterocycles. The number of amides is 1. The van der Waals surface area contributed by atoms with E-state index in [1.165, 1.54) is 6.07 Å². The number of carbonyl (C=O) groups is 1. The lowest BCUT2D eigenvalue weighted by molar-refractivity contribution is -0.126. The molecule has 0 aromatic heterocycles. The van der Waals surface area contributed by atoms with Gasteiger partial charge in [0.05, 0.1) is 24.8 Å². The fourth-order valence-corrected chi connectivity index (χ4v) is 2.53. The highest BCUT2D eigenvalue weighted by atomic mass is 19.1. The number of hydrogen-bond donors (Lipinski definition) is 2. The van der Waals surface area contributed by atoms with E-state index in [9.17, 15) is 9.18 Å². The summed E-state index contributed by atoms with van der Waals surface area (Å²) in [5, 5.41) is 5.90. The first-order valence-electron chi connectivity index (χ1n) is 7.33. The Balaban J connectivity index is 1.59. The first kappa shape index (κ1) is 14.3. The molecule has 1 amide bonds. The van der Waals surface area contributed by atoms with Crippen LogP contribution in [0.1, 0.15) is 5.56 Å². The van der Waals surface area contributed by atoms with Crippen LogP contribution in [-0.2, 0) is 16.1 Å². The standard InChI is InChI=1S/C15H20FN3O2/c16-13-7-11(8-18-15(20)12-9-17-10-12)1-2-14(13)19-3-5-21-6-4-19/h1-2,7,12,17H,3-6,8-10H2,(H,18,20). The minimum absolute atomic E-state index is 0.0337. The van der Waals surface area contributed by atoms with E-state index in [4.69, 9.17) is 4.74 Å². The molecule has 1 aromatic rings. The summed E-state index contributed by atoms with van der Waals surface area (Å²) in [6.45, 7) is 4.52. The van der Waals surface area contributed by atoms with E-state index >= 15 is 0 Å². The molecule has 2 fully saturated rings. The lowest BCUT2D eigenvalue weighted by atomic mass is 10.0.